The van der Waals surface area contributed by atoms with Crippen LogP contribution in [0.2, 0.25) is 0 Å². The molecule has 0 saturated carbocycles. The van der Waals surface area contributed by atoms with Gasteiger partial charge in [-0.3, -0.25) is 0 Å². The van der Waals surface area contributed by atoms with Gasteiger partial charge in [0.25, 0.3) is 5.92 Å². The molecule has 0 fully saturated rings. The van der Waals surface area contributed by atoms with Crippen molar-refractivity contribution in [1.82, 2.24) is 5.32 Å². The van der Waals surface area contributed by atoms with E-state index >= 15 is 0 Å². The van der Waals surface area contributed by atoms with Crippen LogP contribution in [0.1, 0.15) is 21.9 Å². The molecule has 0 atom stereocenters. The third kappa shape index (κ3) is 3.79. The van der Waals surface area contributed by atoms with Crippen molar-refractivity contribution in [3.63, 3.8) is 0 Å². The van der Waals surface area contributed by atoms with Crippen LogP contribution in [0, 0.1) is 6.92 Å². The molecule has 7 heteroatoms. The molecule has 96 valence electrons. The minimum atomic E-state index is -3.19. The van der Waals surface area contributed by atoms with Crippen molar-refractivity contribution in [3.8, 4) is 0 Å². The molecule has 0 unspecified atom stereocenters. The first-order chi connectivity index (χ1) is 7.85. The first-order valence-electron chi connectivity index (χ1n) is 4.88. The van der Waals surface area contributed by atoms with Crippen molar-refractivity contribution in [3.05, 3.63) is 23.2 Å². The highest BCUT2D eigenvalue weighted by Gasteiger charge is 2.27. The van der Waals surface area contributed by atoms with E-state index in [0.29, 0.717) is 11.3 Å². The molecule has 5 nitrogen and oxygen atoms in total. The zero-order valence-electron chi connectivity index (χ0n) is 9.17. The van der Waals surface area contributed by atoms with Crippen LogP contribution in [0.3, 0.4) is 0 Å². The number of hydrogen-bond donors (Lipinski definition) is 3. The monoisotopic (exact) mass is 249 g/mol. The second kappa shape index (κ2) is 5.24. The average molecular weight is 249 g/mol. The fourth-order valence-electron chi connectivity index (χ4n) is 1.24. The van der Waals surface area contributed by atoms with E-state index in [0.717, 1.165) is 0 Å². The van der Waals surface area contributed by atoms with Crippen molar-refractivity contribution in [2.45, 2.75) is 19.4 Å². The molecule has 0 aliphatic heterocycles. The standard InChI is InChI=1S/C10H13F2NO4/c1-6-7(2-8(17-6)9(15)16)3-13-4-10(11,12)5-14/h2,13-14H,3-5H2,1H3,(H,15,16). The molecule has 0 aliphatic carbocycles. The molecule has 1 rings (SSSR count). The minimum absolute atomic E-state index is 0.0538. The zero-order chi connectivity index (χ0) is 13.1. The summed E-state index contributed by atoms with van der Waals surface area (Å²) in [5.74, 6) is -4.26. The van der Waals surface area contributed by atoms with E-state index in [1.54, 1.807) is 6.92 Å². The first-order valence-corrected chi connectivity index (χ1v) is 4.88. The highest BCUT2D eigenvalue weighted by atomic mass is 19.3. The first kappa shape index (κ1) is 13.6. The summed E-state index contributed by atoms with van der Waals surface area (Å²) in [6.07, 6.45) is 0. The second-order valence-electron chi connectivity index (χ2n) is 3.61. The van der Waals surface area contributed by atoms with Gasteiger partial charge in [-0.2, -0.15) is 0 Å². The van der Waals surface area contributed by atoms with Gasteiger partial charge in [0.1, 0.15) is 12.4 Å². The summed E-state index contributed by atoms with van der Waals surface area (Å²) < 4.78 is 30.2. The lowest BCUT2D eigenvalue weighted by Gasteiger charge is -2.13. The lowest BCUT2D eigenvalue weighted by molar-refractivity contribution is -0.0477. The van der Waals surface area contributed by atoms with E-state index in [4.69, 9.17) is 14.6 Å². The number of rotatable bonds is 6. The van der Waals surface area contributed by atoms with Crippen LogP contribution in [0.4, 0.5) is 8.78 Å². The number of hydrogen-bond acceptors (Lipinski definition) is 4. The number of carbonyl (C=O) groups is 1. The van der Waals surface area contributed by atoms with E-state index in [9.17, 15) is 13.6 Å². The number of aromatic carboxylic acids is 1. The molecule has 1 heterocycles. The third-order valence-electron chi connectivity index (χ3n) is 2.16. The number of halogens is 2. The van der Waals surface area contributed by atoms with Gasteiger partial charge in [0.05, 0.1) is 6.54 Å². The summed E-state index contributed by atoms with van der Waals surface area (Å²) in [4.78, 5) is 10.6. The van der Waals surface area contributed by atoms with Gasteiger partial charge >= 0.3 is 5.97 Å². The Morgan fingerprint density at radius 1 is 1.59 bits per heavy atom. The van der Waals surface area contributed by atoms with Crippen LogP contribution in [-0.2, 0) is 6.54 Å². The summed E-state index contributed by atoms with van der Waals surface area (Å²) in [6, 6.07) is 1.28. The maximum absolute atomic E-state index is 12.7. The average Bonchev–Trinajstić information content (AvgIpc) is 2.60. The van der Waals surface area contributed by atoms with E-state index in [-0.39, 0.29) is 12.3 Å². The highest BCUT2D eigenvalue weighted by Crippen LogP contribution is 2.15. The van der Waals surface area contributed by atoms with Crippen LogP contribution in [0.25, 0.3) is 0 Å². The summed E-state index contributed by atoms with van der Waals surface area (Å²) in [5.41, 5.74) is 0.496. The number of furan rings is 1. The smallest absolute Gasteiger partial charge is 0.371 e. The summed E-state index contributed by atoms with van der Waals surface area (Å²) in [7, 11) is 0. The summed E-state index contributed by atoms with van der Waals surface area (Å²) in [6.45, 7) is -0.312. The highest BCUT2D eigenvalue weighted by molar-refractivity contribution is 5.84. The second-order valence-corrected chi connectivity index (χ2v) is 3.61. The Hall–Kier alpha value is -1.47. The molecule has 0 bridgehead atoms. The third-order valence-corrected chi connectivity index (χ3v) is 2.16. The topological polar surface area (TPSA) is 82.7 Å². The lowest BCUT2D eigenvalue weighted by atomic mass is 10.2. The number of aryl methyl sites for hydroxylation is 1. The zero-order valence-corrected chi connectivity index (χ0v) is 9.17. The Labute approximate surface area is 96.0 Å². The SMILES string of the molecule is Cc1oc(C(=O)O)cc1CNCC(F)(F)CO. The molecule has 0 radical (unpaired) electrons. The Balaban J connectivity index is 2.55. The van der Waals surface area contributed by atoms with Crippen molar-refractivity contribution in [1.29, 1.82) is 0 Å². The van der Waals surface area contributed by atoms with Gasteiger partial charge < -0.3 is 19.9 Å². The number of carboxylic acid groups (broad SMARTS) is 1. The van der Waals surface area contributed by atoms with E-state index in [1.807, 2.05) is 0 Å². The molecule has 0 aromatic carbocycles. The van der Waals surface area contributed by atoms with Crippen molar-refractivity contribution in [2.24, 2.45) is 0 Å². The molecule has 1 aromatic rings. The van der Waals surface area contributed by atoms with E-state index in [2.05, 4.69) is 5.32 Å². The molecule has 0 aliphatic rings. The van der Waals surface area contributed by atoms with Crippen LogP contribution < -0.4 is 5.32 Å². The normalized spacial score (nSPS) is 11.8. The van der Waals surface area contributed by atoms with Crippen molar-refractivity contribution in [2.75, 3.05) is 13.2 Å². The van der Waals surface area contributed by atoms with Gasteiger partial charge in [0, 0.05) is 12.1 Å². The summed E-state index contributed by atoms with van der Waals surface area (Å²) >= 11 is 0. The van der Waals surface area contributed by atoms with E-state index < -0.39 is 25.0 Å². The van der Waals surface area contributed by atoms with Gasteiger partial charge in [-0.1, -0.05) is 0 Å². The molecule has 3 N–H and O–H groups in total. The maximum Gasteiger partial charge on any atom is 0.371 e. The van der Waals surface area contributed by atoms with E-state index in [1.165, 1.54) is 6.07 Å². The fourth-order valence-corrected chi connectivity index (χ4v) is 1.24. The van der Waals surface area contributed by atoms with Gasteiger partial charge in [0.15, 0.2) is 0 Å². The van der Waals surface area contributed by atoms with Gasteiger partial charge in [0.2, 0.25) is 5.76 Å². The Kier molecular flexibility index (Phi) is 4.19. The number of aliphatic hydroxyl groups excluding tert-OH is 1. The fraction of sp³-hybridized carbons (Fsp3) is 0.500. The molecular weight excluding hydrogens is 236 g/mol. The maximum atomic E-state index is 12.7. The van der Waals surface area contributed by atoms with Crippen LogP contribution in [0.5, 0.6) is 0 Å². The Bertz CT molecular complexity index is 403. The van der Waals surface area contributed by atoms with Gasteiger partial charge in [-0.15, -0.1) is 0 Å². The quantitative estimate of drug-likeness (QED) is 0.700. The summed E-state index contributed by atoms with van der Waals surface area (Å²) in [5, 5.41) is 19.4. The molecule has 1 aromatic heterocycles. The van der Waals surface area contributed by atoms with Crippen LogP contribution in [-0.4, -0.2) is 35.3 Å². The largest absolute Gasteiger partial charge is 0.475 e. The van der Waals surface area contributed by atoms with Crippen LogP contribution >= 0.6 is 0 Å². The lowest BCUT2D eigenvalue weighted by Crippen LogP contribution is -2.35. The van der Waals surface area contributed by atoms with Crippen LogP contribution in [0.15, 0.2) is 10.5 Å². The van der Waals surface area contributed by atoms with Gasteiger partial charge in [-0.25, -0.2) is 13.6 Å². The Morgan fingerprint density at radius 2 is 2.24 bits per heavy atom. The number of aliphatic hydroxyl groups is 1. The number of alkyl halides is 2. The molecule has 0 spiro atoms. The molecule has 0 amide bonds. The van der Waals surface area contributed by atoms with Crippen molar-refractivity contribution < 1.29 is 28.2 Å². The number of carboxylic acids is 1. The minimum Gasteiger partial charge on any atom is -0.475 e. The molecular formula is C10H13F2NO4. The Morgan fingerprint density at radius 3 is 2.71 bits per heavy atom. The van der Waals surface area contributed by atoms with Crippen molar-refractivity contribution >= 4 is 5.97 Å². The predicted molar refractivity (Wildman–Crippen MR) is 54.1 cm³/mol. The number of nitrogens with one attached hydrogen (secondary N) is 1. The molecule has 0 saturated heterocycles. The van der Waals surface area contributed by atoms with Gasteiger partial charge in [-0.05, 0) is 13.0 Å². The predicted octanol–water partition coefficient (Wildman–Crippen LogP) is 1.00. The molecule has 17 heavy (non-hydrogen) atoms.